The van der Waals surface area contributed by atoms with Crippen LogP contribution in [0.5, 0.6) is 11.6 Å². The van der Waals surface area contributed by atoms with Crippen LogP contribution in [0.2, 0.25) is 0 Å². The molecule has 1 heterocycles. The molecule has 0 unspecified atom stereocenters. The van der Waals surface area contributed by atoms with Crippen LogP contribution in [-0.4, -0.2) is 21.9 Å². The minimum atomic E-state index is -0.475. The predicted molar refractivity (Wildman–Crippen MR) is 81.8 cm³/mol. The maximum atomic E-state index is 10.9. The van der Waals surface area contributed by atoms with Gasteiger partial charge < -0.3 is 10.1 Å². The molecular weight excluding hydrogens is 340 g/mol. The van der Waals surface area contributed by atoms with Gasteiger partial charge in [0.05, 0.1) is 16.6 Å². The summed E-state index contributed by atoms with van der Waals surface area (Å²) in [5, 5.41) is 13.8. The van der Waals surface area contributed by atoms with Crippen molar-refractivity contribution < 1.29 is 9.66 Å². The molecule has 1 aromatic heterocycles. The first-order valence-corrected chi connectivity index (χ1v) is 6.99. The van der Waals surface area contributed by atoms with Crippen molar-refractivity contribution in [3.8, 4) is 11.6 Å². The number of anilines is 1. The van der Waals surface area contributed by atoms with Gasteiger partial charge >= 0.3 is 0 Å². The second-order valence-corrected chi connectivity index (χ2v) is 5.03. The monoisotopic (exact) mass is 352 g/mol. The van der Waals surface area contributed by atoms with E-state index in [2.05, 4.69) is 31.2 Å². The minimum Gasteiger partial charge on any atom is -0.438 e. The van der Waals surface area contributed by atoms with Crippen molar-refractivity contribution in [2.45, 2.75) is 13.3 Å². The van der Waals surface area contributed by atoms with Gasteiger partial charge in [0, 0.05) is 17.6 Å². The number of nitro groups is 1. The van der Waals surface area contributed by atoms with Crippen LogP contribution in [0.15, 0.2) is 29.0 Å². The van der Waals surface area contributed by atoms with E-state index in [1.165, 1.54) is 18.5 Å². The van der Waals surface area contributed by atoms with Crippen LogP contribution in [0.25, 0.3) is 0 Å². The lowest BCUT2D eigenvalue weighted by molar-refractivity contribution is -0.385. The van der Waals surface area contributed by atoms with E-state index in [4.69, 9.17) is 4.74 Å². The Morgan fingerprint density at radius 1 is 1.38 bits per heavy atom. The summed E-state index contributed by atoms with van der Waals surface area (Å²) in [6.07, 6.45) is 2.05. The zero-order valence-corrected chi connectivity index (χ0v) is 13.0. The van der Waals surface area contributed by atoms with Gasteiger partial charge in [-0.2, -0.15) is 0 Å². The van der Waals surface area contributed by atoms with Gasteiger partial charge in [0.25, 0.3) is 5.69 Å². The molecule has 2 aromatic rings. The van der Waals surface area contributed by atoms with E-state index >= 15 is 0 Å². The van der Waals surface area contributed by atoms with Crippen molar-refractivity contribution in [1.82, 2.24) is 9.97 Å². The van der Waals surface area contributed by atoms with Gasteiger partial charge in [-0.1, -0.05) is 22.9 Å². The summed E-state index contributed by atoms with van der Waals surface area (Å²) in [6, 6.07) is 4.41. The number of benzene rings is 1. The molecule has 0 saturated carbocycles. The predicted octanol–water partition coefficient (Wildman–Crippen LogP) is 3.54. The molecule has 2 rings (SSSR count). The van der Waals surface area contributed by atoms with Crippen LogP contribution in [0, 0.1) is 10.1 Å². The average molecular weight is 353 g/mol. The van der Waals surface area contributed by atoms with Crippen molar-refractivity contribution >= 4 is 27.4 Å². The van der Waals surface area contributed by atoms with Crippen molar-refractivity contribution in [2.24, 2.45) is 0 Å². The Balaban J connectivity index is 2.40. The zero-order valence-electron chi connectivity index (χ0n) is 11.5. The lowest BCUT2D eigenvalue weighted by Crippen LogP contribution is -2.02. The second-order valence-electron chi connectivity index (χ2n) is 4.11. The summed E-state index contributed by atoms with van der Waals surface area (Å²) >= 11 is 3.23. The lowest BCUT2D eigenvalue weighted by atomic mass is 10.2. The molecule has 0 atom stereocenters. The molecule has 7 nitrogen and oxygen atoms in total. The van der Waals surface area contributed by atoms with E-state index in [-0.39, 0.29) is 5.69 Å². The number of nitrogens with one attached hydrogen (secondary N) is 1. The Kier molecular flexibility index (Phi) is 4.69. The van der Waals surface area contributed by atoms with Gasteiger partial charge in [0.1, 0.15) is 17.9 Å². The van der Waals surface area contributed by atoms with Gasteiger partial charge in [-0.15, -0.1) is 0 Å². The third kappa shape index (κ3) is 3.46. The van der Waals surface area contributed by atoms with Gasteiger partial charge in [-0.05, 0) is 12.5 Å². The Hall–Kier alpha value is -2.22. The largest absolute Gasteiger partial charge is 0.438 e. The fraction of sp³-hybridized carbons (Fsp3) is 0.231. The maximum Gasteiger partial charge on any atom is 0.274 e. The number of ether oxygens (including phenoxy) is 1. The van der Waals surface area contributed by atoms with Gasteiger partial charge in [0.2, 0.25) is 5.88 Å². The zero-order chi connectivity index (χ0) is 15.4. The molecule has 0 aliphatic rings. The number of rotatable bonds is 5. The summed E-state index contributed by atoms with van der Waals surface area (Å²) in [5.41, 5.74) is 0.753. The summed E-state index contributed by atoms with van der Waals surface area (Å²) in [6.45, 7) is 1.95. The molecule has 0 aliphatic carbocycles. The van der Waals surface area contributed by atoms with Crippen LogP contribution < -0.4 is 10.1 Å². The molecule has 0 saturated heterocycles. The van der Waals surface area contributed by atoms with E-state index in [9.17, 15) is 10.1 Å². The highest BCUT2D eigenvalue weighted by Gasteiger charge is 2.14. The molecule has 1 aromatic carbocycles. The van der Waals surface area contributed by atoms with Crippen molar-refractivity contribution in [3.63, 3.8) is 0 Å². The number of aromatic nitrogens is 2. The standard InChI is InChI=1S/C13H13BrN4O3/c1-3-11-12(15-2)16-7-17-13(11)21-10-5-8(14)4-9(6-10)18(19)20/h4-7H,3H2,1-2H3,(H,15,16,17). The molecule has 21 heavy (non-hydrogen) atoms. The first kappa shape index (κ1) is 15.2. The van der Waals surface area contributed by atoms with Crippen molar-refractivity contribution in [2.75, 3.05) is 12.4 Å². The third-order valence-electron chi connectivity index (χ3n) is 2.78. The van der Waals surface area contributed by atoms with E-state index < -0.39 is 4.92 Å². The first-order chi connectivity index (χ1) is 10.0. The number of hydrogen-bond donors (Lipinski definition) is 1. The average Bonchev–Trinajstić information content (AvgIpc) is 2.46. The van der Waals surface area contributed by atoms with Crippen LogP contribution >= 0.6 is 15.9 Å². The molecule has 0 fully saturated rings. The van der Waals surface area contributed by atoms with E-state index in [1.54, 1.807) is 13.1 Å². The quantitative estimate of drug-likeness (QED) is 0.653. The summed E-state index contributed by atoms with van der Waals surface area (Å²) in [4.78, 5) is 18.6. The fourth-order valence-electron chi connectivity index (χ4n) is 1.84. The third-order valence-corrected chi connectivity index (χ3v) is 3.24. The highest BCUT2D eigenvalue weighted by molar-refractivity contribution is 9.10. The fourth-order valence-corrected chi connectivity index (χ4v) is 2.30. The Labute approximate surface area is 129 Å². The molecule has 0 spiro atoms. The number of halogens is 1. The summed E-state index contributed by atoms with van der Waals surface area (Å²) in [7, 11) is 1.76. The summed E-state index contributed by atoms with van der Waals surface area (Å²) < 4.78 is 6.25. The van der Waals surface area contributed by atoms with Gasteiger partial charge in [0.15, 0.2) is 0 Å². The SMILES string of the molecule is CCc1c(NC)ncnc1Oc1cc(Br)cc([N+](=O)[O-])c1. The number of hydrogen-bond acceptors (Lipinski definition) is 6. The van der Waals surface area contributed by atoms with Crippen molar-refractivity contribution in [3.05, 3.63) is 44.7 Å². The van der Waals surface area contributed by atoms with Crippen LogP contribution in [0.3, 0.4) is 0 Å². The molecule has 0 amide bonds. The smallest absolute Gasteiger partial charge is 0.274 e. The van der Waals surface area contributed by atoms with Crippen molar-refractivity contribution in [1.29, 1.82) is 0 Å². The van der Waals surface area contributed by atoms with Gasteiger partial charge in [-0.3, -0.25) is 10.1 Å². The molecule has 0 radical (unpaired) electrons. The first-order valence-electron chi connectivity index (χ1n) is 6.19. The molecular formula is C13H13BrN4O3. The Morgan fingerprint density at radius 3 is 2.76 bits per heavy atom. The molecule has 110 valence electrons. The lowest BCUT2D eigenvalue weighted by Gasteiger charge is -2.11. The number of nitro benzene ring substituents is 1. The number of non-ortho nitro benzene ring substituents is 1. The normalized spacial score (nSPS) is 10.2. The van der Waals surface area contributed by atoms with E-state index in [0.29, 0.717) is 28.3 Å². The Bertz CT molecular complexity index is 678. The minimum absolute atomic E-state index is 0.0553. The second kappa shape index (κ2) is 6.49. The topological polar surface area (TPSA) is 90.2 Å². The molecule has 0 aliphatic heterocycles. The maximum absolute atomic E-state index is 10.9. The van der Waals surface area contributed by atoms with E-state index in [1.807, 2.05) is 6.92 Å². The van der Waals surface area contributed by atoms with Crippen LogP contribution in [0.1, 0.15) is 12.5 Å². The van der Waals surface area contributed by atoms with Crippen LogP contribution in [0.4, 0.5) is 11.5 Å². The van der Waals surface area contributed by atoms with E-state index in [0.717, 1.165) is 5.56 Å². The summed E-state index contributed by atoms with van der Waals surface area (Å²) in [5.74, 6) is 1.39. The Morgan fingerprint density at radius 2 is 2.14 bits per heavy atom. The highest BCUT2D eigenvalue weighted by atomic mass is 79.9. The number of nitrogens with zero attached hydrogens (tertiary/aromatic N) is 3. The van der Waals surface area contributed by atoms with Crippen LogP contribution in [-0.2, 0) is 6.42 Å². The molecule has 1 N–H and O–H groups in total. The molecule has 8 heteroatoms. The molecule has 0 bridgehead atoms. The van der Waals surface area contributed by atoms with Gasteiger partial charge in [-0.25, -0.2) is 9.97 Å². The highest BCUT2D eigenvalue weighted by Crippen LogP contribution is 2.31.